The molecule has 3 aromatic carbocycles. The van der Waals surface area contributed by atoms with Crippen LogP contribution in [0.2, 0.25) is 0 Å². The first-order valence-electron chi connectivity index (χ1n) is 11.1. The summed E-state index contributed by atoms with van der Waals surface area (Å²) in [6.45, 7) is 2.68. The number of amides is 1. The smallest absolute Gasteiger partial charge is 0.264 e. The second-order valence-corrected chi connectivity index (χ2v) is 9.81. The summed E-state index contributed by atoms with van der Waals surface area (Å²) in [7, 11) is 3.63. The van der Waals surface area contributed by atoms with Gasteiger partial charge in [0.2, 0.25) is 0 Å². The maximum atomic E-state index is 13.1. The van der Waals surface area contributed by atoms with E-state index < -0.39 is 15.9 Å². The van der Waals surface area contributed by atoms with Crippen molar-refractivity contribution in [3.05, 3.63) is 78.4 Å². The van der Waals surface area contributed by atoms with Crippen molar-refractivity contribution in [1.29, 1.82) is 0 Å². The number of thiocarbonyl (C=S) groups is 1. The lowest BCUT2D eigenvalue weighted by molar-refractivity contribution is 0.0970. The van der Waals surface area contributed by atoms with Gasteiger partial charge in [-0.05, 0) is 61.6 Å². The molecular formula is C25H26BN3O5S2. The van der Waals surface area contributed by atoms with Gasteiger partial charge < -0.3 is 14.8 Å². The lowest BCUT2D eigenvalue weighted by atomic mass is 9.94. The summed E-state index contributed by atoms with van der Waals surface area (Å²) in [5.74, 6) is -0.164. The molecule has 0 bridgehead atoms. The Morgan fingerprint density at radius 2 is 1.72 bits per heavy atom. The summed E-state index contributed by atoms with van der Waals surface area (Å²) >= 11 is 5.26. The Hall–Kier alpha value is -3.41. The highest BCUT2D eigenvalue weighted by Crippen LogP contribution is 2.24. The van der Waals surface area contributed by atoms with Gasteiger partial charge in [-0.2, -0.15) is 0 Å². The number of nitrogens with one attached hydrogen (secondary N) is 2. The Balaban J connectivity index is 1.68. The number of sulfonamides is 1. The maximum Gasteiger partial charge on any atom is 0.264 e. The third-order valence-corrected chi connectivity index (χ3v) is 7.17. The van der Waals surface area contributed by atoms with Crippen LogP contribution in [0.15, 0.2) is 77.7 Å². The van der Waals surface area contributed by atoms with Crippen LogP contribution in [0.25, 0.3) is 0 Å². The fourth-order valence-electron chi connectivity index (χ4n) is 3.34. The van der Waals surface area contributed by atoms with E-state index in [0.717, 1.165) is 0 Å². The van der Waals surface area contributed by atoms with Crippen molar-refractivity contribution in [2.75, 3.05) is 36.5 Å². The molecule has 0 aliphatic carbocycles. The number of carbonyl (C=O) groups excluding carboxylic acids is 1. The Morgan fingerprint density at radius 3 is 2.36 bits per heavy atom. The van der Waals surface area contributed by atoms with E-state index in [2.05, 4.69) is 10.6 Å². The van der Waals surface area contributed by atoms with Gasteiger partial charge in [0.15, 0.2) is 5.11 Å². The molecule has 0 unspecified atom stereocenters. The van der Waals surface area contributed by atoms with Crippen LogP contribution < -0.4 is 25.1 Å². The molecule has 8 nitrogen and oxygen atoms in total. The molecular weight excluding hydrogens is 497 g/mol. The van der Waals surface area contributed by atoms with E-state index in [9.17, 15) is 13.2 Å². The van der Waals surface area contributed by atoms with Gasteiger partial charge in [0.25, 0.3) is 15.9 Å². The lowest BCUT2D eigenvalue weighted by Crippen LogP contribution is -2.35. The van der Waals surface area contributed by atoms with Crippen LogP contribution in [0.1, 0.15) is 17.3 Å². The third kappa shape index (κ3) is 6.84. The number of rotatable bonds is 10. The third-order valence-electron chi connectivity index (χ3n) is 5.05. The minimum atomic E-state index is -3.75. The second-order valence-electron chi connectivity index (χ2n) is 7.53. The summed E-state index contributed by atoms with van der Waals surface area (Å²) in [6.07, 6.45) is 0. The van der Waals surface area contributed by atoms with Gasteiger partial charge >= 0.3 is 0 Å². The predicted octanol–water partition coefficient (Wildman–Crippen LogP) is 2.85. The zero-order chi connectivity index (χ0) is 26.1. The van der Waals surface area contributed by atoms with Gasteiger partial charge in [-0.3, -0.25) is 14.4 Å². The van der Waals surface area contributed by atoms with Crippen LogP contribution in [0.4, 0.5) is 11.4 Å². The molecule has 3 rings (SSSR count). The van der Waals surface area contributed by atoms with E-state index >= 15 is 0 Å². The minimum absolute atomic E-state index is 0.0281. The predicted molar refractivity (Wildman–Crippen MR) is 146 cm³/mol. The van der Waals surface area contributed by atoms with Crippen LogP contribution in [0.5, 0.6) is 5.75 Å². The van der Waals surface area contributed by atoms with Crippen molar-refractivity contribution in [2.24, 2.45) is 0 Å². The Morgan fingerprint density at radius 1 is 1.03 bits per heavy atom. The largest absolute Gasteiger partial charge is 0.490 e. The summed E-state index contributed by atoms with van der Waals surface area (Å²) in [6, 6.07) is 19.7. The van der Waals surface area contributed by atoms with Crippen molar-refractivity contribution < 1.29 is 22.7 Å². The van der Waals surface area contributed by atoms with E-state index in [1.807, 2.05) is 6.07 Å². The average Bonchev–Trinajstić information content (AvgIpc) is 2.86. The Kier molecular flexibility index (Phi) is 9.46. The summed E-state index contributed by atoms with van der Waals surface area (Å²) in [4.78, 5) is 12.9. The first kappa shape index (κ1) is 27.2. The fourth-order valence-corrected chi connectivity index (χ4v) is 5.03. The molecule has 0 aliphatic heterocycles. The standard InChI is InChI=1S/C25H26BN3O5S2/c1-3-29(20-7-5-4-6-8-20)36(31,32)21-12-10-19(11-13-21)27-25(35)28-24(30)22-17-18(26)9-14-23(22)34-16-15-33-2/h4-14,17H,3,15-16H2,1-2H3,(H2,27,28,30,35). The number of carbonyl (C=O) groups is 1. The molecule has 0 saturated carbocycles. The summed E-state index contributed by atoms with van der Waals surface area (Å²) < 4.78 is 38.2. The molecule has 0 spiro atoms. The number of benzene rings is 3. The van der Waals surface area contributed by atoms with Crippen molar-refractivity contribution in [3.8, 4) is 5.75 Å². The molecule has 0 aromatic heterocycles. The number of hydrogen-bond acceptors (Lipinski definition) is 6. The fraction of sp³-hybridized carbons (Fsp3) is 0.200. The van der Waals surface area contributed by atoms with Crippen molar-refractivity contribution in [3.63, 3.8) is 0 Å². The molecule has 186 valence electrons. The lowest BCUT2D eigenvalue weighted by Gasteiger charge is -2.23. The first-order valence-corrected chi connectivity index (χ1v) is 12.9. The highest BCUT2D eigenvalue weighted by Gasteiger charge is 2.23. The van der Waals surface area contributed by atoms with Crippen molar-refractivity contribution in [1.82, 2.24) is 5.32 Å². The summed E-state index contributed by atoms with van der Waals surface area (Å²) in [5.41, 5.74) is 1.70. The van der Waals surface area contributed by atoms with E-state index in [0.29, 0.717) is 29.2 Å². The number of nitrogens with zero attached hydrogens (tertiary/aromatic N) is 1. The Labute approximate surface area is 218 Å². The summed E-state index contributed by atoms with van der Waals surface area (Å²) in [5, 5.41) is 5.49. The molecule has 2 radical (unpaired) electrons. The zero-order valence-corrected chi connectivity index (χ0v) is 21.6. The molecule has 11 heteroatoms. The number of hydrogen-bond donors (Lipinski definition) is 2. The van der Waals surface area contributed by atoms with E-state index in [1.54, 1.807) is 62.6 Å². The normalized spacial score (nSPS) is 10.9. The Bertz CT molecular complexity index is 1300. The van der Waals surface area contributed by atoms with Crippen LogP contribution in [-0.2, 0) is 14.8 Å². The second kappa shape index (κ2) is 12.5. The number of methoxy groups -OCH3 is 1. The van der Waals surface area contributed by atoms with Crippen LogP contribution in [0.3, 0.4) is 0 Å². The van der Waals surface area contributed by atoms with Crippen LogP contribution in [0, 0.1) is 0 Å². The highest BCUT2D eigenvalue weighted by atomic mass is 32.2. The van der Waals surface area contributed by atoms with E-state index in [1.165, 1.54) is 22.5 Å². The topological polar surface area (TPSA) is 97.0 Å². The van der Waals surface area contributed by atoms with Gasteiger partial charge in [-0.15, -0.1) is 0 Å². The molecule has 0 heterocycles. The van der Waals surface area contributed by atoms with Crippen molar-refractivity contribution >= 4 is 57.9 Å². The van der Waals surface area contributed by atoms with E-state index in [-0.39, 0.29) is 28.7 Å². The molecule has 3 aromatic rings. The van der Waals surface area contributed by atoms with Crippen molar-refractivity contribution in [2.45, 2.75) is 11.8 Å². The molecule has 36 heavy (non-hydrogen) atoms. The molecule has 0 atom stereocenters. The monoisotopic (exact) mass is 523 g/mol. The highest BCUT2D eigenvalue weighted by molar-refractivity contribution is 7.92. The molecule has 0 fully saturated rings. The first-order chi connectivity index (χ1) is 17.3. The molecule has 1 amide bonds. The van der Waals surface area contributed by atoms with E-state index in [4.69, 9.17) is 29.5 Å². The number of ether oxygens (including phenoxy) is 2. The maximum absolute atomic E-state index is 13.1. The van der Waals surface area contributed by atoms with Gasteiger partial charge in [0.05, 0.1) is 22.8 Å². The van der Waals surface area contributed by atoms with Gasteiger partial charge in [0, 0.05) is 19.3 Å². The van der Waals surface area contributed by atoms with Gasteiger partial charge in [0.1, 0.15) is 20.2 Å². The van der Waals surface area contributed by atoms with Gasteiger partial charge in [-0.25, -0.2) is 8.42 Å². The quantitative estimate of drug-likeness (QED) is 0.240. The minimum Gasteiger partial charge on any atom is -0.490 e. The van der Waals surface area contributed by atoms with Gasteiger partial charge in [-0.1, -0.05) is 35.8 Å². The average molecular weight is 523 g/mol. The number of para-hydroxylation sites is 1. The van der Waals surface area contributed by atoms with Crippen LogP contribution in [-0.4, -0.2) is 54.2 Å². The molecule has 2 N–H and O–H groups in total. The van der Waals surface area contributed by atoms with Crippen LogP contribution >= 0.6 is 12.2 Å². The SMILES string of the molecule is [B]c1ccc(OCCOC)c(C(=O)NC(=S)Nc2ccc(S(=O)(=O)N(CC)c3ccccc3)cc2)c1. The zero-order valence-electron chi connectivity index (χ0n) is 19.9. The molecule has 0 saturated heterocycles. The number of anilines is 2. The molecule has 0 aliphatic rings.